The first-order valence-corrected chi connectivity index (χ1v) is 5.77. The van der Waals surface area contributed by atoms with Gasteiger partial charge in [0.25, 0.3) is 0 Å². The first kappa shape index (κ1) is 11.2. The third-order valence-electron chi connectivity index (χ3n) is 2.84. The molecule has 0 saturated heterocycles. The highest BCUT2D eigenvalue weighted by Crippen LogP contribution is 2.28. The van der Waals surface area contributed by atoms with Crippen LogP contribution in [0.1, 0.15) is 18.4 Å². The molecule has 1 aromatic carbocycles. The van der Waals surface area contributed by atoms with Gasteiger partial charge in [0.1, 0.15) is 0 Å². The van der Waals surface area contributed by atoms with Crippen molar-refractivity contribution < 1.29 is 9.90 Å². The van der Waals surface area contributed by atoms with Crippen molar-refractivity contribution in [2.24, 2.45) is 7.05 Å². The number of benzene rings is 1. The molecule has 1 aromatic heterocycles. The second-order valence-corrected chi connectivity index (χ2v) is 4.78. The van der Waals surface area contributed by atoms with Crippen LogP contribution in [0, 0.1) is 0 Å². The first-order chi connectivity index (χ1) is 7.50. The molecule has 2 aromatic rings. The largest absolute Gasteiger partial charge is 0.481 e. The van der Waals surface area contributed by atoms with Gasteiger partial charge in [-0.15, -0.1) is 0 Å². The van der Waals surface area contributed by atoms with Crippen LogP contribution in [0.25, 0.3) is 10.9 Å². The number of rotatable bonds is 2. The summed E-state index contributed by atoms with van der Waals surface area (Å²) in [5, 5.41) is 10.1. The van der Waals surface area contributed by atoms with Crippen LogP contribution in [0.15, 0.2) is 28.9 Å². The molecule has 0 aliphatic rings. The molecule has 84 valence electrons. The van der Waals surface area contributed by atoms with Crippen LogP contribution in [-0.2, 0) is 11.8 Å². The summed E-state index contributed by atoms with van der Waals surface area (Å²) in [6.07, 6.45) is 1.97. The van der Waals surface area contributed by atoms with E-state index in [1.54, 1.807) is 6.92 Å². The van der Waals surface area contributed by atoms with Crippen LogP contribution in [0.4, 0.5) is 0 Å². The van der Waals surface area contributed by atoms with Crippen LogP contribution >= 0.6 is 15.9 Å². The zero-order chi connectivity index (χ0) is 11.9. The lowest BCUT2D eigenvalue weighted by molar-refractivity contribution is -0.138. The summed E-state index contributed by atoms with van der Waals surface area (Å²) in [6, 6.07) is 5.75. The van der Waals surface area contributed by atoms with Gasteiger partial charge in [-0.25, -0.2) is 0 Å². The van der Waals surface area contributed by atoms with Crippen molar-refractivity contribution in [3.05, 3.63) is 34.4 Å². The molecule has 1 unspecified atom stereocenters. The molecule has 0 radical (unpaired) electrons. The molecule has 16 heavy (non-hydrogen) atoms. The Balaban J connectivity index is 2.60. The maximum absolute atomic E-state index is 10.9. The zero-order valence-corrected chi connectivity index (χ0v) is 10.7. The minimum absolute atomic E-state index is 0.474. The lowest BCUT2D eigenvalue weighted by atomic mass is 10.0. The standard InChI is InChI=1S/C12H12BrNO2/c1-7(12(15)16)8-3-4-9-10(13)6-14(2)11(9)5-8/h3-7H,1-2H3,(H,15,16). The fraction of sp³-hybridized carbons (Fsp3) is 0.250. The lowest BCUT2D eigenvalue weighted by Crippen LogP contribution is -2.07. The van der Waals surface area contributed by atoms with Gasteiger partial charge in [0.15, 0.2) is 0 Å². The number of aryl methyl sites for hydroxylation is 1. The maximum Gasteiger partial charge on any atom is 0.310 e. The normalized spacial score (nSPS) is 12.9. The van der Waals surface area contributed by atoms with Gasteiger partial charge in [-0.3, -0.25) is 4.79 Å². The molecule has 0 aliphatic heterocycles. The second kappa shape index (κ2) is 3.94. The minimum atomic E-state index is -0.798. The van der Waals surface area contributed by atoms with Crippen LogP contribution < -0.4 is 0 Å². The molecule has 0 aliphatic carbocycles. The Labute approximate surface area is 102 Å². The average molecular weight is 282 g/mol. The van der Waals surface area contributed by atoms with E-state index in [1.165, 1.54) is 0 Å². The van der Waals surface area contributed by atoms with E-state index in [4.69, 9.17) is 5.11 Å². The van der Waals surface area contributed by atoms with E-state index in [0.29, 0.717) is 0 Å². The molecule has 0 bridgehead atoms. The highest BCUT2D eigenvalue weighted by molar-refractivity contribution is 9.10. The minimum Gasteiger partial charge on any atom is -0.481 e. The third kappa shape index (κ3) is 1.73. The summed E-state index contributed by atoms with van der Waals surface area (Å²) in [7, 11) is 1.95. The monoisotopic (exact) mass is 281 g/mol. The van der Waals surface area contributed by atoms with Gasteiger partial charge in [-0.2, -0.15) is 0 Å². The summed E-state index contributed by atoms with van der Waals surface area (Å²) in [4.78, 5) is 10.9. The second-order valence-electron chi connectivity index (χ2n) is 3.92. The number of fused-ring (bicyclic) bond motifs is 1. The molecule has 3 nitrogen and oxygen atoms in total. The van der Waals surface area contributed by atoms with E-state index in [9.17, 15) is 4.79 Å². The van der Waals surface area contributed by atoms with Crippen molar-refractivity contribution in [1.82, 2.24) is 4.57 Å². The highest BCUT2D eigenvalue weighted by atomic mass is 79.9. The Morgan fingerprint density at radius 1 is 1.50 bits per heavy atom. The van der Waals surface area contributed by atoms with Crippen molar-refractivity contribution in [2.45, 2.75) is 12.8 Å². The van der Waals surface area contributed by atoms with Crippen LogP contribution in [0.2, 0.25) is 0 Å². The number of carbonyl (C=O) groups is 1. The first-order valence-electron chi connectivity index (χ1n) is 4.98. The third-order valence-corrected chi connectivity index (χ3v) is 3.47. The maximum atomic E-state index is 10.9. The molecule has 0 saturated carbocycles. The van der Waals surface area contributed by atoms with Gasteiger partial charge in [0, 0.05) is 28.6 Å². The fourth-order valence-electron chi connectivity index (χ4n) is 1.76. The van der Waals surface area contributed by atoms with Gasteiger partial charge in [-0.1, -0.05) is 12.1 Å². The van der Waals surface area contributed by atoms with Gasteiger partial charge in [-0.05, 0) is 34.5 Å². The van der Waals surface area contributed by atoms with E-state index < -0.39 is 11.9 Å². The molecule has 0 fully saturated rings. The predicted molar refractivity (Wildman–Crippen MR) is 66.7 cm³/mol. The van der Waals surface area contributed by atoms with E-state index in [-0.39, 0.29) is 0 Å². The number of hydrogen-bond acceptors (Lipinski definition) is 1. The van der Waals surface area contributed by atoms with E-state index >= 15 is 0 Å². The Bertz CT molecular complexity index is 559. The average Bonchev–Trinajstić information content (AvgIpc) is 2.53. The molecule has 1 atom stereocenters. The highest BCUT2D eigenvalue weighted by Gasteiger charge is 2.15. The molecular formula is C12H12BrNO2. The number of carboxylic acid groups (broad SMARTS) is 1. The number of aromatic nitrogens is 1. The summed E-state index contributed by atoms with van der Waals surface area (Å²) >= 11 is 3.47. The molecule has 2 rings (SSSR count). The summed E-state index contributed by atoms with van der Waals surface area (Å²) in [5.41, 5.74) is 1.87. The van der Waals surface area contributed by atoms with Crippen molar-refractivity contribution in [2.75, 3.05) is 0 Å². The number of aliphatic carboxylic acids is 1. The van der Waals surface area contributed by atoms with E-state index in [1.807, 2.05) is 36.0 Å². The number of carboxylic acids is 1. The topological polar surface area (TPSA) is 42.2 Å². The molecule has 1 heterocycles. The zero-order valence-electron chi connectivity index (χ0n) is 9.07. The lowest BCUT2D eigenvalue weighted by Gasteiger charge is -2.07. The van der Waals surface area contributed by atoms with E-state index in [0.717, 1.165) is 20.9 Å². The summed E-state index contributed by atoms with van der Waals surface area (Å²) in [6.45, 7) is 1.70. The van der Waals surface area contributed by atoms with Crippen molar-refractivity contribution in [3.63, 3.8) is 0 Å². The van der Waals surface area contributed by atoms with Gasteiger partial charge < -0.3 is 9.67 Å². The number of hydrogen-bond donors (Lipinski definition) is 1. The van der Waals surface area contributed by atoms with Crippen LogP contribution in [0.3, 0.4) is 0 Å². The molecule has 4 heteroatoms. The van der Waals surface area contributed by atoms with Crippen molar-refractivity contribution in [1.29, 1.82) is 0 Å². The molecule has 1 N–H and O–H groups in total. The Hall–Kier alpha value is -1.29. The van der Waals surface area contributed by atoms with Gasteiger partial charge in [0.2, 0.25) is 0 Å². The number of nitrogens with zero attached hydrogens (tertiary/aromatic N) is 1. The quantitative estimate of drug-likeness (QED) is 0.919. The smallest absolute Gasteiger partial charge is 0.310 e. The predicted octanol–water partition coefficient (Wildman–Crippen LogP) is 3.13. The van der Waals surface area contributed by atoms with Crippen LogP contribution in [0.5, 0.6) is 0 Å². The number of halogens is 1. The SMILES string of the molecule is CC(C(=O)O)c1ccc2c(Br)cn(C)c2c1. The summed E-state index contributed by atoms with van der Waals surface area (Å²) in [5.74, 6) is -1.27. The van der Waals surface area contributed by atoms with Crippen LogP contribution in [-0.4, -0.2) is 15.6 Å². The van der Waals surface area contributed by atoms with E-state index in [2.05, 4.69) is 15.9 Å². The van der Waals surface area contributed by atoms with Crippen molar-refractivity contribution >= 4 is 32.8 Å². The molecule has 0 spiro atoms. The molecule has 0 amide bonds. The van der Waals surface area contributed by atoms with Gasteiger partial charge >= 0.3 is 5.97 Å². The Kier molecular flexibility index (Phi) is 2.76. The molecular weight excluding hydrogens is 270 g/mol. The Morgan fingerprint density at radius 3 is 2.81 bits per heavy atom. The van der Waals surface area contributed by atoms with Gasteiger partial charge in [0.05, 0.1) is 5.92 Å². The fourth-order valence-corrected chi connectivity index (χ4v) is 2.41. The Morgan fingerprint density at radius 2 is 2.19 bits per heavy atom. The summed E-state index contributed by atoms with van der Waals surface area (Å²) < 4.78 is 3.01. The van der Waals surface area contributed by atoms with Crippen molar-refractivity contribution in [3.8, 4) is 0 Å².